The fourth-order valence-electron chi connectivity index (χ4n) is 5.18. The summed E-state index contributed by atoms with van der Waals surface area (Å²) in [5.74, 6) is 0. The third-order valence-corrected chi connectivity index (χ3v) is 6.68. The highest BCUT2D eigenvalue weighted by atomic mass is 14.8. The molecule has 5 aromatic carbocycles. The Kier molecular flexibility index (Phi) is 4.18. The zero-order chi connectivity index (χ0) is 22.5. The lowest BCUT2D eigenvalue weighted by Crippen LogP contribution is -1.93. The van der Waals surface area contributed by atoms with Crippen molar-refractivity contribution in [3.05, 3.63) is 121 Å². The van der Waals surface area contributed by atoms with Gasteiger partial charge in [0, 0.05) is 22.5 Å². The first-order valence-corrected chi connectivity index (χ1v) is 11.5. The summed E-state index contributed by atoms with van der Waals surface area (Å²) in [6.45, 7) is 0. The normalized spacial score (nSPS) is 11.5. The van der Waals surface area contributed by atoms with Gasteiger partial charge in [-0.15, -0.1) is 0 Å². The van der Waals surface area contributed by atoms with E-state index in [4.69, 9.17) is 4.98 Å². The zero-order valence-electron chi connectivity index (χ0n) is 18.4. The molecule has 0 N–H and O–H groups in total. The number of aromatic nitrogens is 2. The predicted octanol–water partition coefficient (Wildman–Crippen LogP) is 8.42. The molecular weight excluding hydrogens is 412 g/mol. The molecular formula is C32H20N2. The molecule has 0 aliphatic heterocycles. The third-order valence-electron chi connectivity index (χ3n) is 6.68. The van der Waals surface area contributed by atoms with Crippen LogP contribution in [0.4, 0.5) is 0 Å². The summed E-state index contributed by atoms with van der Waals surface area (Å²) in [6.07, 6.45) is 1.84. The molecule has 2 heterocycles. The Balaban J connectivity index is 1.63. The summed E-state index contributed by atoms with van der Waals surface area (Å²) in [5.41, 5.74) is 6.51. The van der Waals surface area contributed by atoms with Crippen molar-refractivity contribution in [3.63, 3.8) is 0 Å². The maximum absolute atomic E-state index is 5.21. The average molecular weight is 433 g/mol. The fraction of sp³-hybridized carbons (Fsp3) is 0. The van der Waals surface area contributed by atoms with Gasteiger partial charge in [0.2, 0.25) is 0 Å². The van der Waals surface area contributed by atoms with Gasteiger partial charge in [0.25, 0.3) is 0 Å². The first-order valence-electron chi connectivity index (χ1n) is 11.5. The Hall–Kier alpha value is -4.56. The van der Waals surface area contributed by atoms with Crippen molar-refractivity contribution in [3.8, 4) is 22.4 Å². The van der Waals surface area contributed by atoms with E-state index in [0.717, 1.165) is 27.5 Å². The van der Waals surface area contributed by atoms with Crippen molar-refractivity contribution in [2.75, 3.05) is 0 Å². The van der Waals surface area contributed by atoms with Crippen molar-refractivity contribution < 1.29 is 0 Å². The quantitative estimate of drug-likeness (QED) is 0.202. The number of rotatable bonds is 2. The number of nitrogens with zero attached hydrogens (tertiary/aromatic N) is 2. The van der Waals surface area contributed by atoms with Crippen LogP contribution in [-0.2, 0) is 0 Å². The Bertz CT molecular complexity index is 1800. The molecule has 0 saturated heterocycles. The molecule has 34 heavy (non-hydrogen) atoms. The van der Waals surface area contributed by atoms with Crippen LogP contribution in [0.3, 0.4) is 0 Å². The molecule has 7 aromatic rings. The topological polar surface area (TPSA) is 25.8 Å². The maximum atomic E-state index is 5.21. The lowest BCUT2D eigenvalue weighted by Gasteiger charge is -2.17. The van der Waals surface area contributed by atoms with E-state index in [2.05, 4.69) is 114 Å². The largest absolute Gasteiger partial charge is 0.254 e. The zero-order valence-corrected chi connectivity index (χ0v) is 18.4. The predicted molar refractivity (Wildman–Crippen MR) is 143 cm³/mol. The lowest BCUT2D eigenvalue weighted by atomic mass is 9.87. The molecule has 0 amide bonds. The lowest BCUT2D eigenvalue weighted by molar-refractivity contribution is 1.38. The van der Waals surface area contributed by atoms with Gasteiger partial charge in [0.05, 0.1) is 16.7 Å². The minimum absolute atomic E-state index is 0.941. The Labute approximate surface area is 197 Å². The Morgan fingerprint density at radius 1 is 0.412 bits per heavy atom. The summed E-state index contributed by atoms with van der Waals surface area (Å²) in [5, 5.41) is 7.10. The molecule has 0 saturated carbocycles. The van der Waals surface area contributed by atoms with Crippen LogP contribution in [0.5, 0.6) is 0 Å². The standard InChI is InChI=1S/C32H20N2/c1-2-9-21(10-3-1)29-24-12-4-6-14-26(24)30(27-15-7-5-13-25(27)29)28-19-18-23-17-16-22-11-8-20-33-31(22)32(23)34-28/h1-20H. The van der Waals surface area contributed by atoms with E-state index in [-0.39, 0.29) is 0 Å². The fourth-order valence-corrected chi connectivity index (χ4v) is 5.18. The van der Waals surface area contributed by atoms with E-state index in [9.17, 15) is 0 Å². The molecule has 0 aliphatic carbocycles. The van der Waals surface area contributed by atoms with Crippen LogP contribution in [0.15, 0.2) is 121 Å². The summed E-state index contributed by atoms with van der Waals surface area (Å²) >= 11 is 0. The van der Waals surface area contributed by atoms with Gasteiger partial charge in [0.15, 0.2) is 0 Å². The van der Waals surface area contributed by atoms with Crippen molar-refractivity contribution in [2.45, 2.75) is 0 Å². The van der Waals surface area contributed by atoms with E-state index < -0.39 is 0 Å². The third kappa shape index (κ3) is 2.82. The average Bonchev–Trinajstić information content (AvgIpc) is 2.92. The van der Waals surface area contributed by atoms with E-state index >= 15 is 0 Å². The summed E-state index contributed by atoms with van der Waals surface area (Å²) in [7, 11) is 0. The van der Waals surface area contributed by atoms with Crippen molar-refractivity contribution >= 4 is 43.4 Å². The first-order chi connectivity index (χ1) is 16.9. The van der Waals surface area contributed by atoms with Crippen LogP contribution < -0.4 is 0 Å². The molecule has 2 aromatic heterocycles. The summed E-state index contributed by atoms with van der Waals surface area (Å²) in [4.78, 5) is 9.87. The summed E-state index contributed by atoms with van der Waals surface area (Å²) < 4.78 is 0. The van der Waals surface area contributed by atoms with Crippen molar-refractivity contribution in [2.24, 2.45) is 0 Å². The molecule has 2 nitrogen and oxygen atoms in total. The number of hydrogen-bond acceptors (Lipinski definition) is 2. The highest BCUT2D eigenvalue weighted by Crippen LogP contribution is 2.43. The summed E-state index contributed by atoms with van der Waals surface area (Å²) in [6, 6.07) is 40.7. The molecule has 7 rings (SSSR count). The van der Waals surface area contributed by atoms with Gasteiger partial charge < -0.3 is 0 Å². The van der Waals surface area contributed by atoms with Gasteiger partial charge in [-0.25, -0.2) is 4.98 Å². The van der Waals surface area contributed by atoms with Gasteiger partial charge in [-0.2, -0.15) is 0 Å². The van der Waals surface area contributed by atoms with Crippen LogP contribution in [0.25, 0.3) is 65.7 Å². The highest BCUT2D eigenvalue weighted by Gasteiger charge is 2.17. The highest BCUT2D eigenvalue weighted by molar-refractivity contribution is 6.21. The van der Waals surface area contributed by atoms with Gasteiger partial charge in [-0.05, 0) is 44.8 Å². The molecule has 0 unspecified atom stereocenters. The van der Waals surface area contributed by atoms with E-state index in [1.54, 1.807) is 0 Å². The van der Waals surface area contributed by atoms with Crippen molar-refractivity contribution in [1.82, 2.24) is 9.97 Å². The van der Waals surface area contributed by atoms with Gasteiger partial charge in [-0.1, -0.05) is 103 Å². The molecule has 158 valence electrons. The van der Waals surface area contributed by atoms with Gasteiger partial charge in [0.1, 0.15) is 0 Å². The van der Waals surface area contributed by atoms with Gasteiger partial charge >= 0.3 is 0 Å². The van der Waals surface area contributed by atoms with Crippen LogP contribution in [-0.4, -0.2) is 9.97 Å². The smallest absolute Gasteiger partial charge is 0.0972 e. The molecule has 0 aliphatic rings. The number of benzene rings is 5. The van der Waals surface area contributed by atoms with Crippen molar-refractivity contribution in [1.29, 1.82) is 0 Å². The molecule has 0 radical (unpaired) electrons. The SMILES string of the molecule is c1ccc(-c2c3ccccc3c(-c3ccc4ccc5cccnc5c4n3)c3ccccc23)cc1. The van der Waals surface area contributed by atoms with E-state index in [1.165, 1.54) is 38.2 Å². The monoisotopic (exact) mass is 432 g/mol. The minimum Gasteiger partial charge on any atom is -0.254 e. The number of hydrogen-bond donors (Lipinski definition) is 0. The van der Waals surface area contributed by atoms with E-state index in [0.29, 0.717) is 0 Å². The Morgan fingerprint density at radius 3 is 1.65 bits per heavy atom. The Morgan fingerprint density at radius 2 is 0.971 bits per heavy atom. The number of fused-ring (bicyclic) bond motifs is 5. The van der Waals surface area contributed by atoms with Crippen LogP contribution in [0, 0.1) is 0 Å². The number of pyridine rings is 2. The van der Waals surface area contributed by atoms with E-state index in [1.807, 2.05) is 12.3 Å². The van der Waals surface area contributed by atoms with Crippen LogP contribution >= 0.6 is 0 Å². The van der Waals surface area contributed by atoms with Gasteiger partial charge in [-0.3, -0.25) is 4.98 Å². The molecule has 0 fully saturated rings. The molecule has 2 heteroatoms. The molecule has 0 bridgehead atoms. The first kappa shape index (κ1) is 19.0. The van der Waals surface area contributed by atoms with Crippen LogP contribution in [0.2, 0.25) is 0 Å². The minimum atomic E-state index is 0.941. The second-order valence-electron chi connectivity index (χ2n) is 8.62. The molecule has 0 spiro atoms. The maximum Gasteiger partial charge on any atom is 0.0972 e. The second kappa shape index (κ2) is 7.50. The van der Waals surface area contributed by atoms with Crippen LogP contribution in [0.1, 0.15) is 0 Å². The molecule has 0 atom stereocenters. The second-order valence-corrected chi connectivity index (χ2v) is 8.62.